The Balaban J connectivity index is 3.58. The molecule has 0 saturated carbocycles. The monoisotopic (exact) mass is 130 g/mol. The van der Waals surface area contributed by atoms with Crippen LogP contribution < -0.4 is 0 Å². The zero-order chi connectivity index (χ0) is 7.28. The molecule has 0 bridgehead atoms. The third kappa shape index (κ3) is 2.98. The van der Waals surface area contributed by atoms with E-state index in [1.54, 1.807) is 13.8 Å². The molecule has 3 heteroatoms. The van der Waals surface area contributed by atoms with Crippen molar-refractivity contribution in [3.63, 3.8) is 0 Å². The number of carbonyl (C=O) groups is 2. The Morgan fingerprint density at radius 2 is 2.33 bits per heavy atom. The smallest absolute Gasteiger partial charge is 0.223 e. The predicted molar refractivity (Wildman–Crippen MR) is 32.2 cm³/mol. The van der Waals surface area contributed by atoms with Crippen molar-refractivity contribution in [2.24, 2.45) is 0 Å². The van der Waals surface area contributed by atoms with Crippen LogP contribution in [0.5, 0.6) is 0 Å². The van der Waals surface area contributed by atoms with Gasteiger partial charge in [-0.25, -0.2) is 0 Å². The van der Waals surface area contributed by atoms with Crippen LogP contribution in [-0.4, -0.2) is 24.8 Å². The summed E-state index contributed by atoms with van der Waals surface area (Å²) < 4.78 is 4.81. The summed E-state index contributed by atoms with van der Waals surface area (Å²) in [5, 5.41) is 0. The summed E-state index contributed by atoms with van der Waals surface area (Å²) in [6, 6.07) is 0. The fourth-order valence-electron chi connectivity index (χ4n) is 0.428. The Hall–Kier alpha value is -0.700. The van der Waals surface area contributed by atoms with Crippen molar-refractivity contribution in [1.29, 1.82) is 0 Å². The topological polar surface area (TPSA) is 43.4 Å². The molecule has 1 atom stereocenters. The summed E-state index contributed by atoms with van der Waals surface area (Å²) in [4.78, 5) is 20.2. The molecular weight excluding hydrogens is 120 g/mol. The van der Waals surface area contributed by atoms with Gasteiger partial charge in [-0.1, -0.05) is 0 Å². The SMILES string of the molecule is CCO[C@@H](C)C(=O)C=O. The molecule has 52 valence electrons. The van der Waals surface area contributed by atoms with Gasteiger partial charge in [-0.15, -0.1) is 0 Å². The molecule has 0 heterocycles. The van der Waals surface area contributed by atoms with E-state index in [-0.39, 0.29) is 6.29 Å². The summed E-state index contributed by atoms with van der Waals surface area (Å²) in [5.74, 6) is -0.503. The molecule has 0 amide bonds. The van der Waals surface area contributed by atoms with Crippen LogP contribution in [0.4, 0.5) is 0 Å². The van der Waals surface area contributed by atoms with Gasteiger partial charge in [-0.2, -0.15) is 0 Å². The van der Waals surface area contributed by atoms with Crippen molar-refractivity contribution in [1.82, 2.24) is 0 Å². The molecule has 0 aliphatic carbocycles. The van der Waals surface area contributed by atoms with Gasteiger partial charge >= 0.3 is 0 Å². The highest BCUT2D eigenvalue weighted by atomic mass is 16.5. The van der Waals surface area contributed by atoms with Crippen molar-refractivity contribution >= 4 is 12.1 Å². The molecular formula is C6H10O3. The zero-order valence-electron chi connectivity index (χ0n) is 5.59. The van der Waals surface area contributed by atoms with Gasteiger partial charge in [-0.3, -0.25) is 9.59 Å². The highest BCUT2D eigenvalue weighted by Crippen LogP contribution is 1.88. The van der Waals surface area contributed by atoms with Crippen LogP contribution in [-0.2, 0) is 14.3 Å². The Bertz CT molecular complexity index is 109. The van der Waals surface area contributed by atoms with E-state index in [2.05, 4.69) is 0 Å². The van der Waals surface area contributed by atoms with Crippen LogP contribution in [0.3, 0.4) is 0 Å². The van der Waals surface area contributed by atoms with Gasteiger partial charge in [0.1, 0.15) is 6.10 Å². The number of ketones is 1. The molecule has 0 aromatic carbocycles. The number of hydrogen-bond acceptors (Lipinski definition) is 3. The van der Waals surface area contributed by atoms with E-state index < -0.39 is 11.9 Å². The minimum Gasteiger partial charge on any atom is -0.371 e. The first kappa shape index (κ1) is 8.30. The normalized spacial score (nSPS) is 12.7. The predicted octanol–water partition coefficient (Wildman–Crippen LogP) is 0.179. The Morgan fingerprint density at radius 3 is 2.67 bits per heavy atom. The molecule has 0 radical (unpaired) electrons. The van der Waals surface area contributed by atoms with Gasteiger partial charge in [-0.05, 0) is 13.8 Å². The van der Waals surface area contributed by atoms with Crippen LogP contribution in [0, 0.1) is 0 Å². The molecule has 0 fully saturated rings. The molecule has 0 saturated heterocycles. The lowest BCUT2D eigenvalue weighted by Gasteiger charge is -2.03. The van der Waals surface area contributed by atoms with E-state index in [1.165, 1.54) is 0 Å². The van der Waals surface area contributed by atoms with E-state index in [0.717, 1.165) is 0 Å². The second-order valence-electron chi connectivity index (χ2n) is 1.62. The second-order valence-corrected chi connectivity index (χ2v) is 1.62. The third-order valence-electron chi connectivity index (χ3n) is 0.933. The Morgan fingerprint density at radius 1 is 1.78 bits per heavy atom. The highest BCUT2D eigenvalue weighted by Gasteiger charge is 2.09. The van der Waals surface area contributed by atoms with Crippen molar-refractivity contribution in [3.05, 3.63) is 0 Å². The van der Waals surface area contributed by atoms with Gasteiger partial charge in [0.05, 0.1) is 0 Å². The van der Waals surface area contributed by atoms with Crippen molar-refractivity contribution in [3.8, 4) is 0 Å². The first-order chi connectivity index (χ1) is 4.22. The molecule has 0 rings (SSSR count). The number of ether oxygens (including phenoxy) is 1. The van der Waals surface area contributed by atoms with E-state index in [4.69, 9.17) is 4.74 Å². The number of aldehydes is 1. The van der Waals surface area contributed by atoms with Gasteiger partial charge in [0.25, 0.3) is 0 Å². The lowest BCUT2D eigenvalue weighted by molar-refractivity contribution is -0.137. The maximum atomic E-state index is 10.4. The Labute approximate surface area is 54.0 Å². The number of hydrogen-bond donors (Lipinski definition) is 0. The number of rotatable bonds is 4. The maximum Gasteiger partial charge on any atom is 0.223 e. The number of Topliss-reactive ketones (excluding diaryl/α,β-unsaturated/α-hetero) is 1. The standard InChI is InChI=1S/C6H10O3/c1-3-9-5(2)6(8)4-7/h4-5H,3H2,1-2H3/t5-/m0/s1. The summed E-state index contributed by atoms with van der Waals surface area (Å²) in [6.07, 6.45) is -0.298. The van der Waals surface area contributed by atoms with Crippen LogP contribution in [0.2, 0.25) is 0 Å². The van der Waals surface area contributed by atoms with Gasteiger partial charge < -0.3 is 4.74 Å². The van der Waals surface area contributed by atoms with Crippen molar-refractivity contribution in [2.45, 2.75) is 20.0 Å². The molecule has 0 spiro atoms. The molecule has 9 heavy (non-hydrogen) atoms. The fraction of sp³-hybridized carbons (Fsp3) is 0.667. The van der Waals surface area contributed by atoms with E-state index in [9.17, 15) is 9.59 Å². The number of carbonyl (C=O) groups excluding carboxylic acids is 2. The zero-order valence-corrected chi connectivity index (χ0v) is 5.59. The van der Waals surface area contributed by atoms with Crippen LogP contribution >= 0.6 is 0 Å². The molecule has 0 aromatic rings. The van der Waals surface area contributed by atoms with E-state index in [0.29, 0.717) is 6.61 Å². The third-order valence-corrected chi connectivity index (χ3v) is 0.933. The summed E-state index contributed by atoms with van der Waals surface area (Å²) in [6.45, 7) is 3.79. The van der Waals surface area contributed by atoms with Crippen molar-refractivity contribution in [2.75, 3.05) is 6.61 Å². The minimum absolute atomic E-state index is 0.278. The average Bonchev–Trinajstić information content (AvgIpc) is 1.87. The molecule has 0 aromatic heterocycles. The molecule has 0 aliphatic rings. The van der Waals surface area contributed by atoms with Gasteiger partial charge in [0.15, 0.2) is 6.29 Å². The lowest BCUT2D eigenvalue weighted by Crippen LogP contribution is -2.21. The fourth-order valence-corrected chi connectivity index (χ4v) is 0.428. The second kappa shape index (κ2) is 4.21. The quantitative estimate of drug-likeness (QED) is 0.402. The first-order valence-electron chi connectivity index (χ1n) is 2.83. The van der Waals surface area contributed by atoms with Crippen LogP contribution in [0.15, 0.2) is 0 Å². The van der Waals surface area contributed by atoms with Crippen LogP contribution in [0.25, 0.3) is 0 Å². The highest BCUT2D eigenvalue weighted by molar-refractivity contribution is 6.26. The molecule has 0 N–H and O–H groups in total. The van der Waals surface area contributed by atoms with Crippen molar-refractivity contribution < 1.29 is 14.3 Å². The summed E-state index contributed by atoms with van der Waals surface area (Å²) in [5.41, 5.74) is 0. The van der Waals surface area contributed by atoms with Gasteiger partial charge in [0, 0.05) is 6.61 Å². The molecule has 0 aliphatic heterocycles. The minimum atomic E-state index is -0.576. The largest absolute Gasteiger partial charge is 0.371 e. The van der Waals surface area contributed by atoms with Crippen LogP contribution in [0.1, 0.15) is 13.8 Å². The maximum absolute atomic E-state index is 10.4. The Kier molecular flexibility index (Phi) is 3.88. The van der Waals surface area contributed by atoms with Gasteiger partial charge in [0.2, 0.25) is 5.78 Å². The van der Waals surface area contributed by atoms with E-state index in [1.807, 2.05) is 0 Å². The summed E-state index contributed by atoms with van der Waals surface area (Å²) in [7, 11) is 0. The average molecular weight is 130 g/mol. The lowest BCUT2D eigenvalue weighted by atomic mass is 10.3. The molecule has 0 unspecified atom stereocenters. The van der Waals surface area contributed by atoms with E-state index >= 15 is 0 Å². The summed E-state index contributed by atoms with van der Waals surface area (Å²) >= 11 is 0. The first-order valence-corrected chi connectivity index (χ1v) is 2.83. The molecule has 3 nitrogen and oxygen atoms in total.